The first-order chi connectivity index (χ1) is 13.5. The van der Waals surface area contributed by atoms with Gasteiger partial charge in [0, 0.05) is 26.7 Å². The maximum atomic E-state index is 12.2. The van der Waals surface area contributed by atoms with Gasteiger partial charge >= 0.3 is 5.97 Å². The highest BCUT2D eigenvalue weighted by atomic mass is 35.5. The molecule has 0 aliphatic carbocycles. The maximum Gasteiger partial charge on any atom is 0.331 e. The van der Waals surface area contributed by atoms with Crippen LogP contribution in [-0.4, -0.2) is 18.5 Å². The van der Waals surface area contributed by atoms with Crippen LogP contribution in [0, 0.1) is 6.92 Å². The number of rotatable bonds is 6. The third-order valence-electron chi connectivity index (χ3n) is 4.28. The summed E-state index contributed by atoms with van der Waals surface area (Å²) in [7, 11) is 0. The van der Waals surface area contributed by atoms with Gasteiger partial charge in [0.05, 0.1) is 5.02 Å². The summed E-state index contributed by atoms with van der Waals surface area (Å²) in [5.41, 5.74) is 2.79. The second-order valence-corrected chi connectivity index (χ2v) is 7.69. The number of nitrogens with one attached hydrogen (secondary N) is 1. The number of amides is 1. The summed E-state index contributed by atoms with van der Waals surface area (Å²) in [6, 6.07) is 13.6. The standard InChI is InChI=1S/C22H20ClNO3S/c1-3-15-8-6-7-14(2)22(15)24-19(25)13-27-20(26)12-11-18-21(23)16-9-4-5-10-17(16)28-18/h4-12H,3,13H2,1-2H3,(H,24,25)/b12-11+. The van der Waals surface area contributed by atoms with Crippen molar-refractivity contribution in [2.45, 2.75) is 20.3 Å². The highest BCUT2D eigenvalue weighted by Gasteiger charge is 2.11. The van der Waals surface area contributed by atoms with E-state index in [2.05, 4.69) is 5.32 Å². The molecule has 4 nitrogen and oxygen atoms in total. The van der Waals surface area contributed by atoms with Gasteiger partial charge in [-0.15, -0.1) is 11.3 Å². The Morgan fingerprint density at radius 1 is 1.18 bits per heavy atom. The van der Waals surface area contributed by atoms with Gasteiger partial charge in [0.15, 0.2) is 6.61 Å². The second kappa shape index (κ2) is 9.04. The maximum absolute atomic E-state index is 12.2. The molecule has 0 atom stereocenters. The molecule has 0 unspecified atom stereocenters. The number of para-hydroxylation sites is 1. The van der Waals surface area contributed by atoms with Crippen LogP contribution in [0.1, 0.15) is 22.9 Å². The van der Waals surface area contributed by atoms with E-state index >= 15 is 0 Å². The minimum atomic E-state index is -0.593. The van der Waals surface area contributed by atoms with Crippen LogP contribution in [0.3, 0.4) is 0 Å². The van der Waals surface area contributed by atoms with Crippen molar-refractivity contribution < 1.29 is 14.3 Å². The SMILES string of the molecule is CCc1cccc(C)c1NC(=O)COC(=O)/C=C/c1sc2ccccc2c1Cl. The predicted molar refractivity (Wildman–Crippen MR) is 116 cm³/mol. The van der Waals surface area contributed by atoms with E-state index in [-0.39, 0.29) is 12.5 Å². The van der Waals surface area contributed by atoms with Crippen molar-refractivity contribution in [2.75, 3.05) is 11.9 Å². The molecule has 0 radical (unpaired) electrons. The molecule has 6 heteroatoms. The summed E-state index contributed by atoms with van der Waals surface area (Å²) in [5.74, 6) is -0.963. The number of hydrogen-bond donors (Lipinski definition) is 1. The molecule has 2 aromatic carbocycles. The number of benzene rings is 2. The van der Waals surface area contributed by atoms with Crippen LogP contribution < -0.4 is 5.32 Å². The quantitative estimate of drug-likeness (QED) is 0.421. The van der Waals surface area contributed by atoms with Gasteiger partial charge < -0.3 is 10.1 Å². The number of aryl methyl sites for hydroxylation is 2. The molecular formula is C22H20ClNO3S. The summed E-state index contributed by atoms with van der Waals surface area (Å²) in [5, 5.41) is 4.38. The number of hydrogen-bond acceptors (Lipinski definition) is 4. The number of halogens is 1. The molecule has 3 aromatic rings. The van der Waals surface area contributed by atoms with Gasteiger partial charge in [0.2, 0.25) is 0 Å². The molecule has 3 rings (SSSR count). The third-order valence-corrected chi connectivity index (χ3v) is 5.94. The van der Waals surface area contributed by atoms with Crippen LogP contribution in [0.2, 0.25) is 5.02 Å². The number of thiophene rings is 1. The minimum absolute atomic E-state index is 0.346. The molecule has 0 aliphatic heterocycles. The second-order valence-electron chi connectivity index (χ2n) is 6.23. The number of fused-ring (bicyclic) bond motifs is 1. The van der Waals surface area contributed by atoms with Crippen molar-refractivity contribution in [3.05, 3.63) is 69.6 Å². The molecule has 1 amide bonds. The average Bonchev–Trinajstić information content (AvgIpc) is 3.02. The lowest BCUT2D eigenvalue weighted by atomic mass is 10.1. The van der Waals surface area contributed by atoms with Crippen molar-refractivity contribution in [1.82, 2.24) is 0 Å². The van der Waals surface area contributed by atoms with Crippen molar-refractivity contribution in [3.63, 3.8) is 0 Å². The van der Waals surface area contributed by atoms with Crippen LogP contribution in [0.4, 0.5) is 5.69 Å². The first-order valence-electron chi connectivity index (χ1n) is 8.89. The first-order valence-corrected chi connectivity index (χ1v) is 10.1. The zero-order chi connectivity index (χ0) is 20.1. The monoisotopic (exact) mass is 413 g/mol. The van der Waals surface area contributed by atoms with Crippen molar-refractivity contribution in [3.8, 4) is 0 Å². The molecule has 0 saturated carbocycles. The third kappa shape index (κ3) is 4.61. The molecule has 0 saturated heterocycles. The fourth-order valence-corrected chi connectivity index (χ4v) is 4.24. The summed E-state index contributed by atoms with van der Waals surface area (Å²) < 4.78 is 6.10. The topological polar surface area (TPSA) is 55.4 Å². The van der Waals surface area contributed by atoms with E-state index in [9.17, 15) is 9.59 Å². The smallest absolute Gasteiger partial charge is 0.331 e. The summed E-state index contributed by atoms with van der Waals surface area (Å²) in [6.45, 7) is 3.60. The largest absolute Gasteiger partial charge is 0.452 e. The van der Waals surface area contributed by atoms with Crippen molar-refractivity contribution in [1.29, 1.82) is 0 Å². The van der Waals surface area contributed by atoms with Crippen LogP contribution >= 0.6 is 22.9 Å². The van der Waals surface area contributed by atoms with Gasteiger partial charge in [0.1, 0.15) is 0 Å². The van der Waals surface area contributed by atoms with Crippen LogP contribution in [-0.2, 0) is 20.7 Å². The highest BCUT2D eigenvalue weighted by Crippen LogP contribution is 2.35. The van der Waals surface area contributed by atoms with Gasteiger partial charge in [0.25, 0.3) is 5.91 Å². The van der Waals surface area contributed by atoms with Crippen LogP contribution in [0.15, 0.2) is 48.5 Å². The highest BCUT2D eigenvalue weighted by molar-refractivity contribution is 7.20. The van der Waals surface area contributed by atoms with E-state index in [1.807, 2.05) is 56.3 Å². The fourth-order valence-electron chi connectivity index (χ4n) is 2.85. The number of carbonyl (C=O) groups is 2. The number of carbonyl (C=O) groups excluding carboxylic acids is 2. The Morgan fingerprint density at radius 2 is 1.96 bits per heavy atom. The van der Waals surface area contributed by atoms with E-state index < -0.39 is 5.97 Å². The number of anilines is 1. The Labute approximate surface area is 172 Å². The average molecular weight is 414 g/mol. The lowest BCUT2D eigenvalue weighted by Crippen LogP contribution is -2.21. The molecular weight excluding hydrogens is 394 g/mol. The summed E-state index contributed by atoms with van der Waals surface area (Å²) in [4.78, 5) is 24.9. The molecule has 0 aliphatic rings. The van der Waals surface area contributed by atoms with E-state index in [1.165, 1.54) is 17.4 Å². The molecule has 1 heterocycles. The molecule has 1 aromatic heterocycles. The molecule has 0 spiro atoms. The fraction of sp³-hybridized carbons (Fsp3) is 0.182. The molecule has 144 valence electrons. The predicted octanol–water partition coefficient (Wildman–Crippen LogP) is 5.62. The Balaban J connectivity index is 1.59. The van der Waals surface area contributed by atoms with Crippen LogP contribution in [0.5, 0.6) is 0 Å². The molecule has 0 fully saturated rings. The normalized spacial score (nSPS) is 11.1. The lowest BCUT2D eigenvalue weighted by Gasteiger charge is -2.12. The zero-order valence-corrected chi connectivity index (χ0v) is 17.2. The Morgan fingerprint density at radius 3 is 2.71 bits per heavy atom. The van der Waals surface area contributed by atoms with E-state index in [1.54, 1.807) is 6.08 Å². The zero-order valence-electron chi connectivity index (χ0n) is 15.6. The molecule has 0 bridgehead atoms. The number of ether oxygens (including phenoxy) is 1. The first kappa shape index (κ1) is 20.1. The Kier molecular flexibility index (Phi) is 6.49. The van der Waals surface area contributed by atoms with E-state index in [4.69, 9.17) is 16.3 Å². The molecule has 1 N–H and O–H groups in total. The van der Waals surface area contributed by atoms with Gasteiger partial charge in [-0.3, -0.25) is 4.79 Å². The van der Waals surface area contributed by atoms with Crippen molar-refractivity contribution >= 4 is 56.7 Å². The summed E-state index contributed by atoms with van der Waals surface area (Å²) >= 11 is 7.84. The Bertz CT molecular complexity index is 1060. The van der Waals surface area contributed by atoms with Gasteiger partial charge in [-0.1, -0.05) is 54.9 Å². The number of esters is 1. The summed E-state index contributed by atoms with van der Waals surface area (Å²) in [6.07, 6.45) is 3.70. The van der Waals surface area contributed by atoms with Gasteiger partial charge in [-0.05, 0) is 36.6 Å². The van der Waals surface area contributed by atoms with Crippen molar-refractivity contribution in [2.24, 2.45) is 0 Å². The van der Waals surface area contributed by atoms with E-state index in [0.717, 1.165) is 38.2 Å². The molecule has 28 heavy (non-hydrogen) atoms. The lowest BCUT2D eigenvalue weighted by molar-refractivity contribution is -0.142. The minimum Gasteiger partial charge on any atom is -0.452 e. The van der Waals surface area contributed by atoms with Crippen LogP contribution in [0.25, 0.3) is 16.2 Å². The van der Waals surface area contributed by atoms with Gasteiger partial charge in [-0.2, -0.15) is 0 Å². The van der Waals surface area contributed by atoms with Gasteiger partial charge in [-0.25, -0.2) is 4.79 Å². The Hall–Kier alpha value is -2.63. The van der Waals surface area contributed by atoms with E-state index in [0.29, 0.717) is 5.02 Å².